The van der Waals surface area contributed by atoms with Gasteiger partial charge in [0.1, 0.15) is 0 Å². The molecule has 0 aliphatic heterocycles. The van der Waals surface area contributed by atoms with Gasteiger partial charge in [-0.1, -0.05) is 13.0 Å². The van der Waals surface area contributed by atoms with Crippen LogP contribution in [0.15, 0.2) is 18.2 Å². The molecule has 1 aliphatic rings. The van der Waals surface area contributed by atoms with E-state index in [2.05, 4.69) is 12.2 Å². The molecule has 1 saturated carbocycles. The zero-order valence-electron chi connectivity index (χ0n) is 9.72. The van der Waals surface area contributed by atoms with Gasteiger partial charge >= 0.3 is 0 Å². The smallest absolute Gasteiger partial charge is 0.254 e. The average Bonchev–Trinajstić information content (AvgIpc) is 3.10. The van der Waals surface area contributed by atoms with Gasteiger partial charge in [0.05, 0.1) is 5.56 Å². The lowest BCUT2D eigenvalue weighted by molar-refractivity contribution is 0.0939. The summed E-state index contributed by atoms with van der Waals surface area (Å²) in [6.45, 7) is 2.61. The van der Waals surface area contributed by atoms with Gasteiger partial charge in [-0.3, -0.25) is 4.79 Å². The summed E-state index contributed by atoms with van der Waals surface area (Å²) in [5.74, 6) is -2.61. The second-order valence-corrected chi connectivity index (χ2v) is 4.64. The Kier molecular flexibility index (Phi) is 3.13. The van der Waals surface area contributed by atoms with Crippen LogP contribution in [0.5, 0.6) is 0 Å². The Labute approximate surface area is 99.0 Å². The molecule has 4 heteroatoms. The van der Waals surface area contributed by atoms with E-state index in [4.69, 9.17) is 0 Å². The molecule has 0 unspecified atom stereocenters. The largest absolute Gasteiger partial charge is 0.351 e. The van der Waals surface area contributed by atoms with Crippen molar-refractivity contribution in [2.24, 2.45) is 5.41 Å². The van der Waals surface area contributed by atoms with E-state index >= 15 is 0 Å². The van der Waals surface area contributed by atoms with Crippen LogP contribution in [0.4, 0.5) is 8.78 Å². The van der Waals surface area contributed by atoms with E-state index in [1.165, 1.54) is 12.1 Å². The van der Waals surface area contributed by atoms with E-state index in [9.17, 15) is 13.6 Å². The van der Waals surface area contributed by atoms with Crippen molar-refractivity contribution in [3.8, 4) is 0 Å². The SMILES string of the molecule is CCC1(CNC(=O)c2cccc(F)c2F)CC1. The molecule has 1 aliphatic carbocycles. The van der Waals surface area contributed by atoms with Crippen LogP contribution in [-0.4, -0.2) is 12.5 Å². The lowest BCUT2D eigenvalue weighted by Gasteiger charge is -2.13. The molecule has 0 heterocycles. The summed E-state index contributed by atoms with van der Waals surface area (Å²) >= 11 is 0. The monoisotopic (exact) mass is 239 g/mol. The molecule has 0 radical (unpaired) electrons. The average molecular weight is 239 g/mol. The molecule has 1 amide bonds. The third-order valence-corrected chi connectivity index (χ3v) is 3.53. The van der Waals surface area contributed by atoms with E-state index in [1.807, 2.05) is 0 Å². The van der Waals surface area contributed by atoms with Gasteiger partial charge in [-0.2, -0.15) is 0 Å². The second kappa shape index (κ2) is 4.43. The third-order valence-electron chi connectivity index (χ3n) is 3.53. The highest BCUT2D eigenvalue weighted by atomic mass is 19.2. The molecule has 1 aromatic rings. The normalized spacial score (nSPS) is 16.6. The molecule has 0 saturated heterocycles. The van der Waals surface area contributed by atoms with Gasteiger partial charge in [-0.15, -0.1) is 0 Å². The number of carbonyl (C=O) groups is 1. The molecule has 0 aromatic heterocycles. The van der Waals surface area contributed by atoms with Crippen molar-refractivity contribution in [2.75, 3.05) is 6.54 Å². The van der Waals surface area contributed by atoms with Gasteiger partial charge in [0.25, 0.3) is 5.91 Å². The molecule has 0 bridgehead atoms. The molecule has 2 nitrogen and oxygen atoms in total. The molecule has 0 spiro atoms. The maximum atomic E-state index is 13.3. The summed E-state index contributed by atoms with van der Waals surface area (Å²) in [6, 6.07) is 3.62. The number of carbonyl (C=O) groups excluding carboxylic acids is 1. The summed E-state index contributed by atoms with van der Waals surface area (Å²) < 4.78 is 26.3. The minimum Gasteiger partial charge on any atom is -0.351 e. The lowest BCUT2D eigenvalue weighted by atomic mass is 10.0. The fourth-order valence-corrected chi connectivity index (χ4v) is 1.87. The first-order chi connectivity index (χ1) is 8.08. The molecule has 0 atom stereocenters. The fourth-order valence-electron chi connectivity index (χ4n) is 1.87. The number of halogens is 2. The van der Waals surface area contributed by atoms with Crippen LogP contribution in [-0.2, 0) is 0 Å². The molecular formula is C13H15F2NO. The minimum atomic E-state index is -1.08. The zero-order chi connectivity index (χ0) is 12.5. The van der Waals surface area contributed by atoms with Crippen LogP contribution in [0, 0.1) is 17.0 Å². The third kappa shape index (κ3) is 2.46. The maximum Gasteiger partial charge on any atom is 0.254 e. The predicted molar refractivity (Wildman–Crippen MR) is 60.6 cm³/mol. The number of nitrogens with one attached hydrogen (secondary N) is 1. The van der Waals surface area contributed by atoms with Crippen LogP contribution < -0.4 is 5.32 Å². The lowest BCUT2D eigenvalue weighted by Crippen LogP contribution is -2.30. The molecule has 1 aromatic carbocycles. The first kappa shape index (κ1) is 12.0. The summed E-state index contributed by atoms with van der Waals surface area (Å²) in [4.78, 5) is 11.7. The van der Waals surface area contributed by atoms with Crippen LogP contribution in [0.25, 0.3) is 0 Å². The van der Waals surface area contributed by atoms with E-state index in [0.29, 0.717) is 6.54 Å². The van der Waals surface area contributed by atoms with Crippen LogP contribution >= 0.6 is 0 Å². The number of benzene rings is 1. The second-order valence-electron chi connectivity index (χ2n) is 4.64. The summed E-state index contributed by atoms with van der Waals surface area (Å²) in [6.07, 6.45) is 3.18. The highest BCUT2D eigenvalue weighted by molar-refractivity contribution is 5.94. The Morgan fingerprint density at radius 1 is 1.41 bits per heavy atom. The van der Waals surface area contributed by atoms with E-state index in [-0.39, 0.29) is 11.0 Å². The minimum absolute atomic E-state index is 0.194. The quantitative estimate of drug-likeness (QED) is 0.860. The molecule has 17 heavy (non-hydrogen) atoms. The summed E-state index contributed by atoms with van der Waals surface area (Å²) in [5, 5.41) is 2.68. The number of rotatable bonds is 4. The molecule has 1 fully saturated rings. The highest BCUT2D eigenvalue weighted by Crippen LogP contribution is 2.47. The van der Waals surface area contributed by atoms with Gasteiger partial charge in [-0.05, 0) is 36.8 Å². The zero-order valence-corrected chi connectivity index (χ0v) is 9.72. The number of amides is 1. The van der Waals surface area contributed by atoms with Crippen LogP contribution in [0.1, 0.15) is 36.5 Å². The molecular weight excluding hydrogens is 224 g/mol. The van der Waals surface area contributed by atoms with Gasteiger partial charge in [0.15, 0.2) is 11.6 Å². The summed E-state index contributed by atoms with van der Waals surface area (Å²) in [5.41, 5.74) is -0.0312. The van der Waals surface area contributed by atoms with Gasteiger partial charge in [0, 0.05) is 6.54 Å². The van der Waals surface area contributed by atoms with Crippen molar-refractivity contribution in [3.05, 3.63) is 35.4 Å². The standard InChI is InChI=1S/C13H15F2NO/c1-2-13(6-7-13)8-16-12(17)9-4-3-5-10(14)11(9)15/h3-5H,2,6-8H2,1H3,(H,16,17). The highest BCUT2D eigenvalue weighted by Gasteiger charge is 2.40. The van der Waals surface area contributed by atoms with Crippen molar-refractivity contribution in [3.63, 3.8) is 0 Å². The Morgan fingerprint density at radius 2 is 2.12 bits per heavy atom. The van der Waals surface area contributed by atoms with Crippen molar-refractivity contribution in [1.29, 1.82) is 0 Å². The number of hydrogen-bond acceptors (Lipinski definition) is 1. The van der Waals surface area contributed by atoms with Crippen molar-refractivity contribution in [1.82, 2.24) is 5.32 Å². The van der Waals surface area contributed by atoms with Crippen molar-refractivity contribution >= 4 is 5.91 Å². The van der Waals surface area contributed by atoms with Crippen LogP contribution in [0.2, 0.25) is 0 Å². The van der Waals surface area contributed by atoms with Crippen LogP contribution in [0.3, 0.4) is 0 Å². The van der Waals surface area contributed by atoms with E-state index < -0.39 is 17.5 Å². The van der Waals surface area contributed by atoms with E-state index in [0.717, 1.165) is 25.3 Å². The van der Waals surface area contributed by atoms with E-state index in [1.54, 1.807) is 0 Å². The van der Waals surface area contributed by atoms with Gasteiger partial charge in [-0.25, -0.2) is 8.78 Å². The Bertz CT molecular complexity index is 441. The summed E-state index contributed by atoms with van der Waals surface area (Å²) in [7, 11) is 0. The Balaban J connectivity index is 2.02. The van der Waals surface area contributed by atoms with Crippen molar-refractivity contribution < 1.29 is 13.6 Å². The molecule has 1 N–H and O–H groups in total. The first-order valence-electron chi connectivity index (χ1n) is 5.80. The van der Waals surface area contributed by atoms with Gasteiger partial charge < -0.3 is 5.32 Å². The Morgan fingerprint density at radius 3 is 2.71 bits per heavy atom. The Hall–Kier alpha value is -1.45. The first-order valence-corrected chi connectivity index (χ1v) is 5.80. The van der Waals surface area contributed by atoms with Gasteiger partial charge in [0.2, 0.25) is 0 Å². The molecule has 2 rings (SSSR count). The maximum absolute atomic E-state index is 13.3. The predicted octanol–water partition coefficient (Wildman–Crippen LogP) is 2.88. The molecule has 92 valence electrons. The number of hydrogen-bond donors (Lipinski definition) is 1. The fraction of sp³-hybridized carbons (Fsp3) is 0.462. The van der Waals surface area contributed by atoms with Crippen molar-refractivity contribution in [2.45, 2.75) is 26.2 Å². The topological polar surface area (TPSA) is 29.1 Å².